The summed E-state index contributed by atoms with van der Waals surface area (Å²) in [5.41, 5.74) is 0. The Morgan fingerprint density at radius 2 is 2.25 bits per heavy atom. The van der Waals surface area contributed by atoms with Crippen LogP contribution in [-0.2, 0) is 6.54 Å². The summed E-state index contributed by atoms with van der Waals surface area (Å²) >= 11 is 0. The fourth-order valence-corrected chi connectivity index (χ4v) is 2.74. The largest absolute Gasteiger partial charge is 0.407 e. The molecule has 1 aromatic heterocycles. The molecule has 1 aliphatic carbocycles. The van der Waals surface area contributed by atoms with Gasteiger partial charge in [0.15, 0.2) is 0 Å². The van der Waals surface area contributed by atoms with E-state index in [1.165, 1.54) is 12.8 Å². The van der Waals surface area contributed by atoms with Gasteiger partial charge in [-0.2, -0.15) is 0 Å². The van der Waals surface area contributed by atoms with Crippen LogP contribution in [0.3, 0.4) is 0 Å². The minimum atomic E-state index is 0.0366. The van der Waals surface area contributed by atoms with Crippen LogP contribution >= 0.6 is 0 Å². The van der Waals surface area contributed by atoms with E-state index < -0.39 is 0 Å². The highest BCUT2D eigenvalue weighted by Crippen LogP contribution is 2.21. The number of aromatic nitrogens is 2. The molecule has 0 bridgehead atoms. The van der Waals surface area contributed by atoms with Gasteiger partial charge in [-0.25, -0.2) is 4.79 Å². The van der Waals surface area contributed by atoms with Crippen LogP contribution in [0.15, 0.2) is 4.42 Å². The second kappa shape index (κ2) is 4.62. The van der Waals surface area contributed by atoms with Crippen LogP contribution in [-0.4, -0.2) is 59.4 Å². The molecular weight excluding hydrogens is 260 g/mol. The molecular formula is C12H18N6O2. The van der Waals surface area contributed by atoms with Crippen LogP contribution in [0.25, 0.3) is 0 Å². The Morgan fingerprint density at radius 3 is 3.10 bits per heavy atom. The number of hydrogen-bond donors (Lipinski definition) is 2. The van der Waals surface area contributed by atoms with E-state index in [0.29, 0.717) is 37.6 Å². The van der Waals surface area contributed by atoms with Crippen LogP contribution in [0.1, 0.15) is 18.7 Å². The maximum absolute atomic E-state index is 11.5. The number of carbonyl (C=O) groups excluding carboxylic acids is 1. The zero-order valence-corrected chi connectivity index (χ0v) is 11.2. The molecule has 8 nitrogen and oxygen atoms in total. The lowest BCUT2D eigenvalue weighted by Crippen LogP contribution is -2.52. The summed E-state index contributed by atoms with van der Waals surface area (Å²) in [7, 11) is 0. The first-order valence-electron chi connectivity index (χ1n) is 7.15. The summed E-state index contributed by atoms with van der Waals surface area (Å²) in [5, 5.41) is 14.4. The van der Waals surface area contributed by atoms with Gasteiger partial charge in [0.05, 0.1) is 12.6 Å². The molecule has 1 unspecified atom stereocenters. The molecule has 2 N–H and O–H groups in total. The lowest BCUT2D eigenvalue weighted by atomic mass is 10.2. The van der Waals surface area contributed by atoms with Crippen molar-refractivity contribution < 1.29 is 9.21 Å². The predicted octanol–water partition coefficient (Wildman–Crippen LogP) is -0.465. The highest BCUT2D eigenvalue weighted by molar-refractivity contribution is 5.77. The van der Waals surface area contributed by atoms with Crippen molar-refractivity contribution in [3.63, 3.8) is 0 Å². The first kappa shape index (κ1) is 12.0. The molecule has 8 heteroatoms. The van der Waals surface area contributed by atoms with Crippen LogP contribution in [0.2, 0.25) is 0 Å². The van der Waals surface area contributed by atoms with Crippen LogP contribution in [0.4, 0.5) is 10.8 Å². The number of anilines is 1. The van der Waals surface area contributed by atoms with Gasteiger partial charge >= 0.3 is 12.0 Å². The van der Waals surface area contributed by atoms with Crippen LogP contribution in [0, 0.1) is 0 Å². The summed E-state index contributed by atoms with van der Waals surface area (Å²) in [6.45, 7) is 3.52. The fraction of sp³-hybridized carbons (Fsp3) is 0.750. The Hall–Kier alpha value is -1.83. The zero-order chi connectivity index (χ0) is 13.5. The average molecular weight is 278 g/mol. The first-order valence-corrected chi connectivity index (χ1v) is 7.15. The molecule has 4 rings (SSSR count). The Morgan fingerprint density at radius 1 is 1.35 bits per heavy atom. The molecule has 1 aromatic rings. The van der Waals surface area contributed by atoms with E-state index in [4.69, 9.17) is 4.42 Å². The third-order valence-corrected chi connectivity index (χ3v) is 4.08. The van der Waals surface area contributed by atoms with E-state index in [1.807, 2.05) is 4.90 Å². The molecule has 1 saturated carbocycles. The van der Waals surface area contributed by atoms with Gasteiger partial charge in [0.1, 0.15) is 0 Å². The second-order valence-electron chi connectivity index (χ2n) is 5.61. The lowest BCUT2D eigenvalue weighted by Gasteiger charge is -2.35. The topological polar surface area (TPSA) is 86.5 Å². The molecule has 2 saturated heterocycles. The Balaban J connectivity index is 1.39. The summed E-state index contributed by atoms with van der Waals surface area (Å²) in [6.07, 6.45) is 2.48. The SMILES string of the molecule is O=C1NCC2CN(c3nnc(CNC4CC4)o3)CCN12. The minimum Gasteiger partial charge on any atom is -0.407 e. The third-order valence-electron chi connectivity index (χ3n) is 4.08. The van der Waals surface area contributed by atoms with E-state index in [9.17, 15) is 4.79 Å². The quantitative estimate of drug-likeness (QED) is 0.775. The second-order valence-corrected chi connectivity index (χ2v) is 5.61. The van der Waals surface area contributed by atoms with E-state index in [0.717, 1.165) is 13.1 Å². The number of rotatable bonds is 4. The van der Waals surface area contributed by atoms with Gasteiger partial charge in [-0.05, 0) is 12.8 Å². The number of urea groups is 1. The maximum Gasteiger partial charge on any atom is 0.318 e. The van der Waals surface area contributed by atoms with Crippen molar-refractivity contribution in [2.24, 2.45) is 0 Å². The molecule has 2 amide bonds. The number of amides is 2. The fourth-order valence-electron chi connectivity index (χ4n) is 2.74. The van der Waals surface area contributed by atoms with E-state index in [2.05, 4.69) is 25.7 Å². The van der Waals surface area contributed by atoms with Crippen molar-refractivity contribution in [2.75, 3.05) is 31.1 Å². The van der Waals surface area contributed by atoms with Crippen molar-refractivity contribution >= 4 is 12.0 Å². The third kappa shape index (κ3) is 2.20. The summed E-state index contributed by atoms with van der Waals surface area (Å²) < 4.78 is 5.69. The maximum atomic E-state index is 11.5. The standard InChI is InChI=1S/C12H18N6O2/c19-11-14-5-9-7-17(3-4-18(9)11)12-16-15-10(20-12)6-13-8-1-2-8/h8-9,13H,1-7H2,(H,14,19). The molecule has 0 radical (unpaired) electrons. The summed E-state index contributed by atoms with van der Waals surface area (Å²) in [6, 6.07) is 1.44. The number of piperazine rings is 1. The van der Waals surface area contributed by atoms with Crippen molar-refractivity contribution in [3.8, 4) is 0 Å². The lowest BCUT2D eigenvalue weighted by molar-refractivity contribution is 0.196. The molecule has 3 heterocycles. The normalized spacial score (nSPS) is 25.8. The monoisotopic (exact) mass is 278 g/mol. The molecule has 0 aromatic carbocycles. The number of carbonyl (C=O) groups is 1. The number of hydrogen-bond acceptors (Lipinski definition) is 6. The molecule has 2 aliphatic heterocycles. The van der Waals surface area contributed by atoms with Crippen molar-refractivity contribution in [3.05, 3.63) is 5.89 Å². The van der Waals surface area contributed by atoms with Gasteiger partial charge < -0.3 is 24.9 Å². The highest BCUT2D eigenvalue weighted by atomic mass is 16.4. The highest BCUT2D eigenvalue weighted by Gasteiger charge is 2.36. The average Bonchev–Trinajstić information content (AvgIpc) is 3.05. The van der Waals surface area contributed by atoms with E-state index in [1.54, 1.807) is 0 Å². The number of nitrogens with one attached hydrogen (secondary N) is 2. The number of nitrogens with zero attached hydrogens (tertiary/aromatic N) is 4. The summed E-state index contributed by atoms with van der Waals surface area (Å²) in [4.78, 5) is 15.5. The van der Waals surface area contributed by atoms with Gasteiger partial charge in [0, 0.05) is 32.2 Å². The zero-order valence-electron chi connectivity index (χ0n) is 11.2. The Bertz CT molecular complexity index is 514. The Kier molecular flexibility index (Phi) is 2.76. The summed E-state index contributed by atoms with van der Waals surface area (Å²) in [5.74, 6) is 0.634. The molecule has 3 aliphatic rings. The molecule has 0 spiro atoms. The molecule has 20 heavy (non-hydrogen) atoms. The first-order chi connectivity index (χ1) is 9.79. The van der Waals surface area contributed by atoms with Gasteiger partial charge in [-0.15, -0.1) is 5.10 Å². The minimum absolute atomic E-state index is 0.0366. The molecule has 3 fully saturated rings. The van der Waals surface area contributed by atoms with Gasteiger partial charge in [0.2, 0.25) is 5.89 Å². The van der Waals surface area contributed by atoms with E-state index in [-0.39, 0.29) is 12.1 Å². The van der Waals surface area contributed by atoms with Gasteiger partial charge in [-0.3, -0.25) is 0 Å². The Labute approximate surface area is 116 Å². The number of fused-ring (bicyclic) bond motifs is 1. The smallest absolute Gasteiger partial charge is 0.318 e. The van der Waals surface area contributed by atoms with Crippen LogP contribution in [0.5, 0.6) is 0 Å². The van der Waals surface area contributed by atoms with E-state index >= 15 is 0 Å². The molecule has 108 valence electrons. The van der Waals surface area contributed by atoms with Gasteiger partial charge in [-0.1, -0.05) is 5.10 Å². The predicted molar refractivity (Wildman–Crippen MR) is 70.3 cm³/mol. The van der Waals surface area contributed by atoms with Crippen molar-refractivity contribution in [2.45, 2.75) is 31.5 Å². The van der Waals surface area contributed by atoms with Gasteiger partial charge in [0.25, 0.3) is 0 Å². The van der Waals surface area contributed by atoms with Crippen molar-refractivity contribution in [1.29, 1.82) is 0 Å². The van der Waals surface area contributed by atoms with Crippen molar-refractivity contribution in [1.82, 2.24) is 25.7 Å². The molecule has 1 atom stereocenters. The van der Waals surface area contributed by atoms with Crippen LogP contribution < -0.4 is 15.5 Å².